The molecule has 11 nitrogen and oxygen atoms in total. The lowest BCUT2D eigenvalue weighted by molar-refractivity contribution is -0.385. The second-order valence-electron chi connectivity index (χ2n) is 14.7. The summed E-state index contributed by atoms with van der Waals surface area (Å²) in [4.78, 5) is 23.7. The van der Waals surface area contributed by atoms with Crippen LogP contribution in [0.3, 0.4) is 0 Å². The number of aromatic nitrogens is 3. The van der Waals surface area contributed by atoms with Gasteiger partial charge in [0.15, 0.2) is 11.1 Å². The number of nitro groups is 2. The summed E-state index contributed by atoms with van der Waals surface area (Å²) in [5.74, 6) is 0. The lowest BCUT2D eigenvalue weighted by Crippen LogP contribution is -2.37. The van der Waals surface area contributed by atoms with Crippen LogP contribution in [0.25, 0.3) is 5.69 Å². The van der Waals surface area contributed by atoms with Crippen LogP contribution in [-0.2, 0) is 0 Å². The molecular formula is C48H41N7O4P2. The normalized spacial score (nSPS) is 11.5. The Bertz CT molecular complexity index is 2780. The van der Waals surface area contributed by atoms with Crippen molar-refractivity contribution < 1.29 is 9.85 Å². The highest BCUT2D eigenvalue weighted by molar-refractivity contribution is 7.88. The fourth-order valence-corrected chi connectivity index (χ4v) is 14.5. The molecule has 0 bridgehead atoms. The first kappa shape index (κ1) is 40.7. The third-order valence-corrected chi connectivity index (χ3v) is 17.7. The molecule has 0 spiro atoms. The fourth-order valence-electron chi connectivity index (χ4n) is 7.40. The predicted octanol–water partition coefficient (Wildman–Crippen LogP) is 9.94. The Balaban J connectivity index is 1.65. The van der Waals surface area contributed by atoms with Crippen LogP contribution in [0.15, 0.2) is 185 Å². The van der Waals surface area contributed by atoms with E-state index < -0.39 is 24.0 Å². The molecule has 0 amide bonds. The van der Waals surface area contributed by atoms with Gasteiger partial charge >= 0.3 is 0 Å². The molecular weight excluding hydrogens is 801 g/mol. The predicted molar refractivity (Wildman–Crippen MR) is 248 cm³/mol. The van der Waals surface area contributed by atoms with Crippen molar-refractivity contribution in [3.63, 3.8) is 0 Å². The second kappa shape index (κ2) is 16.9. The van der Waals surface area contributed by atoms with Gasteiger partial charge in [-0.1, -0.05) is 140 Å². The van der Waals surface area contributed by atoms with Crippen LogP contribution in [0.5, 0.6) is 0 Å². The summed E-state index contributed by atoms with van der Waals surface area (Å²) in [7, 11) is -6.70. The van der Waals surface area contributed by atoms with Gasteiger partial charge in [-0.2, -0.15) is 0 Å². The van der Waals surface area contributed by atoms with E-state index >= 15 is 0 Å². The average molecular weight is 842 g/mol. The Labute approximate surface area is 353 Å². The minimum absolute atomic E-state index is 0.0795. The van der Waals surface area contributed by atoms with Crippen molar-refractivity contribution in [2.45, 2.75) is 27.7 Å². The molecule has 0 unspecified atom stereocenters. The first-order valence-corrected chi connectivity index (χ1v) is 23.0. The number of hydrogen-bond donors (Lipinski definition) is 0. The highest BCUT2D eigenvalue weighted by Gasteiger charge is 2.40. The maximum atomic E-state index is 12.3. The minimum atomic E-state index is -3.35. The lowest BCUT2D eigenvalue weighted by Gasteiger charge is -2.30. The van der Waals surface area contributed by atoms with Crippen LogP contribution in [0, 0.1) is 47.9 Å². The monoisotopic (exact) mass is 841 g/mol. The van der Waals surface area contributed by atoms with E-state index in [2.05, 4.69) is 30.5 Å². The van der Waals surface area contributed by atoms with Crippen LogP contribution >= 0.6 is 14.1 Å². The summed E-state index contributed by atoms with van der Waals surface area (Å²) < 4.78 is 13.6. The zero-order chi connectivity index (χ0) is 42.7. The summed E-state index contributed by atoms with van der Waals surface area (Å²) in [6.07, 6.45) is 0. The molecule has 0 atom stereocenters. The number of non-ortho nitro benzene ring substituents is 2. The van der Waals surface area contributed by atoms with E-state index in [-0.39, 0.29) is 11.4 Å². The average Bonchev–Trinajstić information content (AvgIpc) is 3.73. The summed E-state index contributed by atoms with van der Waals surface area (Å²) >= 11 is 0. The van der Waals surface area contributed by atoms with Crippen molar-refractivity contribution >= 4 is 69.2 Å². The maximum absolute atomic E-state index is 12.3. The molecule has 0 saturated heterocycles. The maximum Gasteiger partial charge on any atom is 0.271 e. The number of benzene rings is 7. The van der Waals surface area contributed by atoms with Crippen molar-refractivity contribution in [2.24, 2.45) is 9.49 Å². The second-order valence-corrected chi connectivity index (χ2v) is 20.5. The highest BCUT2D eigenvalue weighted by atomic mass is 31.2. The molecule has 8 rings (SSSR count). The van der Waals surface area contributed by atoms with Gasteiger partial charge in [-0.15, -0.1) is 10.2 Å². The van der Waals surface area contributed by atoms with Crippen molar-refractivity contribution in [3.8, 4) is 5.69 Å². The molecule has 0 aliphatic heterocycles. The van der Waals surface area contributed by atoms with Gasteiger partial charge in [0.05, 0.1) is 35.3 Å². The van der Waals surface area contributed by atoms with Gasteiger partial charge < -0.3 is 0 Å². The largest absolute Gasteiger partial charge is 0.272 e. The molecule has 7 aromatic carbocycles. The molecule has 0 N–H and O–H groups in total. The Morgan fingerprint density at radius 2 is 0.787 bits per heavy atom. The molecule has 0 radical (unpaired) electrons. The van der Waals surface area contributed by atoms with Crippen LogP contribution < -0.4 is 32.3 Å². The van der Waals surface area contributed by atoms with E-state index in [9.17, 15) is 20.2 Å². The minimum Gasteiger partial charge on any atom is -0.272 e. The molecule has 0 aliphatic rings. The van der Waals surface area contributed by atoms with E-state index in [1.165, 1.54) is 24.3 Å². The Hall–Kier alpha value is -7.06. The topological polar surface area (TPSA) is 142 Å². The van der Waals surface area contributed by atoms with Crippen molar-refractivity contribution in [3.05, 3.63) is 218 Å². The van der Waals surface area contributed by atoms with E-state index in [0.29, 0.717) is 22.5 Å². The van der Waals surface area contributed by atoms with Gasteiger partial charge in [0.25, 0.3) is 11.4 Å². The highest BCUT2D eigenvalue weighted by Crippen LogP contribution is 2.53. The van der Waals surface area contributed by atoms with Gasteiger partial charge in [-0.25, -0.2) is 0 Å². The number of nitrogens with zero attached hydrogens (tertiary/aromatic N) is 7. The first-order chi connectivity index (χ1) is 29.5. The number of aryl methyl sites for hydroxylation is 4. The van der Waals surface area contributed by atoms with Crippen molar-refractivity contribution in [1.29, 1.82) is 0 Å². The molecule has 13 heteroatoms. The van der Waals surface area contributed by atoms with Crippen LogP contribution in [-0.4, -0.2) is 24.6 Å². The van der Waals surface area contributed by atoms with Gasteiger partial charge in [0.1, 0.15) is 0 Å². The van der Waals surface area contributed by atoms with Crippen LogP contribution in [0.1, 0.15) is 22.3 Å². The standard InChI is InChI=1S/C48H41N7O4P2/c1-34-25-28-38(31-37(34)4)53-47(60(41-17-9-5-10-18-41,42-19-11-6-12-20-42)51-45-32-39(54(56)57)29-26-35(45)2)49-50-48(53)61(43-21-13-7-14-22-43,44-23-15-8-16-24-44)52-46-33-40(55(58)59)30-27-36(46)3/h5-33H,1-4H3. The van der Waals surface area contributed by atoms with Gasteiger partial charge in [-0.3, -0.25) is 34.3 Å². The third-order valence-electron chi connectivity index (χ3n) is 10.8. The van der Waals surface area contributed by atoms with E-state index in [1.54, 1.807) is 12.1 Å². The Kier molecular flexibility index (Phi) is 11.3. The Morgan fingerprint density at radius 3 is 1.11 bits per heavy atom. The smallest absolute Gasteiger partial charge is 0.271 e. The van der Waals surface area contributed by atoms with Crippen molar-refractivity contribution in [2.75, 3.05) is 0 Å². The number of hydrogen-bond acceptors (Lipinski definition) is 8. The van der Waals surface area contributed by atoms with Crippen LogP contribution in [0.2, 0.25) is 0 Å². The van der Waals surface area contributed by atoms with Crippen molar-refractivity contribution in [1.82, 2.24) is 14.8 Å². The molecule has 302 valence electrons. The Morgan fingerprint density at radius 1 is 0.443 bits per heavy atom. The van der Waals surface area contributed by atoms with E-state index in [1.807, 2.05) is 141 Å². The van der Waals surface area contributed by atoms with E-state index in [4.69, 9.17) is 19.7 Å². The summed E-state index contributed by atoms with van der Waals surface area (Å²) in [6, 6.07) is 55.5. The zero-order valence-electron chi connectivity index (χ0n) is 33.9. The van der Waals surface area contributed by atoms with Gasteiger partial charge in [-0.05, 0) is 62.1 Å². The summed E-state index contributed by atoms with van der Waals surface area (Å²) in [6.45, 7) is 7.91. The summed E-state index contributed by atoms with van der Waals surface area (Å²) in [5.41, 5.74) is 6.20. The first-order valence-electron chi connectivity index (χ1n) is 19.5. The molecule has 0 fully saturated rings. The fraction of sp³-hybridized carbons (Fsp3) is 0.0833. The SMILES string of the molecule is Cc1ccc(-n2c(P(=Nc3cc([N+](=O)[O-])ccc3C)(c3ccccc3)c3ccccc3)nnc2P(=Nc2cc([N+](=O)[O-])ccc2C)(c2ccccc2)c2ccccc2)cc1C. The van der Waals surface area contributed by atoms with Gasteiger partial charge in [0.2, 0.25) is 0 Å². The van der Waals surface area contributed by atoms with Crippen LogP contribution in [0.4, 0.5) is 22.7 Å². The lowest BCUT2D eigenvalue weighted by atomic mass is 10.1. The molecule has 0 saturated carbocycles. The number of nitro benzene ring substituents is 2. The zero-order valence-corrected chi connectivity index (χ0v) is 35.7. The quantitative estimate of drug-likeness (QED) is 0.0721. The molecule has 0 aliphatic carbocycles. The molecule has 1 aromatic heterocycles. The summed E-state index contributed by atoms with van der Waals surface area (Å²) in [5, 5.41) is 38.5. The number of rotatable bonds is 11. The molecule has 1 heterocycles. The molecule has 61 heavy (non-hydrogen) atoms. The van der Waals surface area contributed by atoms with Gasteiger partial charge in [0, 0.05) is 51.2 Å². The van der Waals surface area contributed by atoms with E-state index in [0.717, 1.165) is 49.2 Å². The molecule has 8 aromatic rings. The third kappa shape index (κ3) is 7.54.